The average molecular weight is 314 g/mol. The van der Waals surface area contributed by atoms with Crippen molar-refractivity contribution in [3.63, 3.8) is 0 Å². The lowest BCUT2D eigenvalue weighted by Crippen LogP contribution is -2.39. The molecule has 6 heteroatoms. The van der Waals surface area contributed by atoms with Gasteiger partial charge in [0.1, 0.15) is 0 Å². The Kier molecular flexibility index (Phi) is 5.43. The van der Waals surface area contributed by atoms with Gasteiger partial charge in [-0.05, 0) is 24.5 Å². The van der Waals surface area contributed by atoms with Crippen LogP contribution in [0.5, 0.6) is 0 Å². The quantitative estimate of drug-likeness (QED) is 0.631. The topological polar surface area (TPSA) is 92.5 Å². The number of rotatable bonds is 6. The fraction of sp³-hybridized carbons (Fsp3) is 0.235. The van der Waals surface area contributed by atoms with E-state index in [9.17, 15) is 20.0 Å². The molecule has 2 rings (SSSR count). The monoisotopic (exact) mass is 314 g/mol. The number of nitrogens with one attached hydrogen (secondary N) is 1. The van der Waals surface area contributed by atoms with Gasteiger partial charge >= 0.3 is 0 Å². The van der Waals surface area contributed by atoms with Crippen LogP contribution in [-0.4, -0.2) is 28.6 Å². The largest absolute Gasteiger partial charge is 0.394 e. The third-order valence-electron chi connectivity index (χ3n) is 3.56. The molecule has 1 unspecified atom stereocenters. The van der Waals surface area contributed by atoms with Gasteiger partial charge in [0.25, 0.3) is 11.6 Å². The van der Waals surface area contributed by atoms with Crippen molar-refractivity contribution in [1.82, 2.24) is 5.32 Å². The Bertz CT molecular complexity index is 701. The van der Waals surface area contributed by atoms with E-state index < -0.39 is 16.9 Å². The molecule has 0 heterocycles. The number of hydrogen-bond acceptors (Lipinski definition) is 4. The van der Waals surface area contributed by atoms with Crippen LogP contribution in [0.2, 0.25) is 0 Å². The average Bonchev–Trinajstić information content (AvgIpc) is 2.55. The van der Waals surface area contributed by atoms with Gasteiger partial charge in [0.2, 0.25) is 0 Å². The molecule has 0 aromatic heterocycles. The number of nitrogens with zero attached hydrogens (tertiary/aromatic N) is 1. The van der Waals surface area contributed by atoms with Crippen LogP contribution in [0.4, 0.5) is 5.69 Å². The van der Waals surface area contributed by atoms with E-state index in [0.717, 1.165) is 5.56 Å². The second kappa shape index (κ2) is 7.51. The van der Waals surface area contributed by atoms with Gasteiger partial charge in [-0.1, -0.05) is 36.4 Å². The standard InChI is InChI=1S/C17H18N2O4/c1-12-7-8-15(19(22)23)10-16(12)17(21)18-14(11-20)9-13-5-3-2-4-6-13/h2-8,10,14,20H,9,11H2,1H3,(H,18,21). The molecule has 0 aliphatic carbocycles. The third kappa shape index (κ3) is 4.37. The van der Waals surface area contributed by atoms with E-state index in [0.29, 0.717) is 12.0 Å². The summed E-state index contributed by atoms with van der Waals surface area (Å²) < 4.78 is 0. The van der Waals surface area contributed by atoms with Crippen LogP contribution in [0.1, 0.15) is 21.5 Å². The van der Waals surface area contributed by atoms with Crippen LogP contribution >= 0.6 is 0 Å². The molecule has 0 fully saturated rings. The molecule has 120 valence electrons. The molecular weight excluding hydrogens is 296 g/mol. The van der Waals surface area contributed by atoms with E-state index in [1.807, 2.05) is 30.3 Å². The summed E-state index contributed by atoms with van der Waals surface area (Å²) in [6, 6.07) is 13.2. The van der Waals surface area contributed by atoms with Crippen molar-refractivity contribution in [3.05, 3.63) is 75.3 Å². The van der Waals surface area contributed by atoms with E-state index >= 15 is 0 Å². The molecule has 0 radical (unpaired) electrons. The number of nitro groups is 1. The fourth-order valence-electron chi connectivity index (χ4n) is 2.29. The number of benzene rings is 2. The van der Waals surface area contributed by atoms with Gasteiger partial charge in [0, 0.05) is 17.7 Å². The first-order valence-corrected chi connectivity index (χ1v) is 7.22. The zero-order valence-electron chi connectivity index (χ0n) is 12.7. The van der Waals surface area contributed by atoms with Crippen LogP contribution < -0.4 is 5.32 Å². The predicted octanol–water partition coefficient (Wildman–Crippen LogP) is 2.24. The lowest BCUT2D eigenvalue weighted by atomic mass is 10.0. The SMILES string of the molecule is Cc1ccc([N+](=O)[O-])cc1C(=O)NC(CO)Cc1ccccc1. The fourth-order valence-corrected chi connectivity index (χ4v) is 2.29. The minimum Gasteiger partial charge on any atom is -0.394 e. The van der Waals surface area contributed by atoms with Gasteiger partial charge < -0.3 is 10.4 Å². The van der Waals surface area contributed by atoms with Gasteiger partial charge in [-0.3, -0.25) is 14.9 Å². The molecule has 0 spiro atoms. The minimum atomic E-state index is -0.538. The zero-order chi connectivity index (χ0) is 16.8. The normalized spacial score (nSPS) is 11.7. The Morgan fingerprint density at radius 2 is 1.96 bits per heavy atom. The van der Waals surface area contributed by atoms with Crippen molar-refractivity contribution in [2.75, 3.05) is 6.61 Å². The maximum absolute atomic E-state index is 12.4. The van der Waals surface area contributed by atoms with Crippen molar-refractivity contribution in [2.45, 2.75) is 19.4 Å². The molecule has 0 aliphatic heterocycles. The molecule has 1 atom stereocenters. The number of aryl methyl sites for hydroxylation is 1. The Hall–Kier alpha value is -2.73. The highest BCUT2D eigenvalue weighted by molar-refractivity contribution is 5.96. The van der Waals surface area contributed by atoms with E-state index in [-0.39, 0.29) is 17.9 Å². The summed E-state index contributed by atoms with van der Waals surface area (Å²) >= 11 is 0. The smallest absolute Gasteiger partial charge is 0.270 e. The van der Waals surface area contributed by atoms with Crippen molar-refractivity contribution in [2.24, 2.45) is 0 Å². The minimum absolute atomic E-state index is 0.135. The molecule has 0 aliphatic rings. The summed E-state index contributed by atoms with van der Waals surface area (Å²) in [7, 11) is 0. The van der Waals surface area contributed by atoms with Crippen LogP contribution in [0, 0.1) is 17.0 Å². The Morgan fingerprint density at radius 3 is 2.57 bits per heavy atom. The van der Waals surface area contributed by atoms with Crippen LogP contribution in [0.15, 0.2) is 48.5 Å². The summed E-state index contributed by atoms with van der Waals surface area (Å²) in [6.07, 6.45) is 0.483. The van der Waals surface area contributed by atoms with E-state index in [4.69, 9.17) is 0 Å². The molecule has 0 saturated heterocycles. The van der Waals surface area contributed by atoms with Gasteiger partial charge in [0.05, 0.1) is 17.6 Å². The van der Waals surface area contributed by atoms with Crippen LogP contribution in [0.25, 0.3) is 0 Å². The molecular formula is C17H18N2O4. The molecule has 0 saturated carbocycles. The molecule has 2 aromatic rings. The van der Waals surface area contributed by atoms with Gasteiger partial charge in [-0.15, -0.1) is 0 Å². The Morgan fingerprint density at radius 1 is 1.26 bits per heavy atom. The third-order valence-corrected chi connectivity index (χ3v) is 3.56. The van der Waals surface area contributed by atoms with Crippen molar-refractivity contribution in [3.8, 4) is 0 Å². The summed E-state index contributed by atoms with van der Waals surface area (Å²) in [5.74, 6) is -0.429. The maximum Gasteiger partial charge on any atom is 0.270 e. The molecule has 0 bridgehead atoms. The Labute approximate surface area is 133 Å². The Balaban J connectivity index is 2.13. The van der Waals surface area contributed by atoms with Gasteiger partial charge in [-0.2, -0.15) is 0 Å². The number of aliphatic hydroxyl groups is 1. The second-order valence-electron chi connectivity index (χ2n) is 5.30. The zero-order valence-corrected chi connectivity index (χ0v) is 12.7. The molecule has 2 N–H and O–H groups in total. The first-order chi connectivity index (χ1) is 11.0. The van der Waals surface area contributed by atoms with E-state index in [2.05, 4.69) is 5.32 Å². The van der Waals surface area contributed by atoms with Crippen molar-refractivity contribution < 1.29 is 14.8 Å². The highest BCUT2D eigenvalue weighted by Gasteiger charge is 2.18. The second-order valence-corrected chi connectivity index (χ2v) is 5.30. The summed E-state index contributed by atoms with van der Waals surface area (Å²) in [6.45, 7) is 1.50. The number of non-ortho nitro benzene ring substituents is 1. The number of carbonyl (C=O) groups excluding carboxylic acids is 1. The predicted molar refractivity (Wildman–Crippen MR) is 86.3 cm³/mol. The summed E-state index contributed by atoms with van der Waals surface area (Å²) in [5, 5.41) is 23.0. The number of carbonyl (C=O) groups is 1. The molecule has 2 aromatic carbocycles. The molecule has 23 heavy (non-hydrogen) atoms. The summed E-state index contributed by atoms with van der Waals surface area (Å²) in [4.78, 5) is 22.7. The van der Waals surface area contributed by atoms with Gasteiger partial charge in [-0.25, -0.2) is 0 Å². The maximum atomic E-state index is 12.4. The first kappa shape index (κ1) is 16.6. The van der Waals surface area contributed by atoms with E-state index in [1.165, 1.54) is 18.2 Å². The highest BCUT2D eigenvalue weighted by atomic mass is 16.6. The highest BCUT2D eigenvalue weighted by Crippen LogP contribution is 2.17. The first-order valence-electron chi connectivity index (χ1n) is 7.22. The molecule has 1 amide bonds. The van der Waals surface area contributed by atoms with Crippen LogP contribution in [0.3, 0.4) is 0 Å². The lowest BCUT2D eigenvalue weighted by Gasteiger charge is -2.17. The van der Waals surface area contributed by atoms with Gasteiger partial charge in [0.15, 0.2) is 0 Å². The van der Waals surface area contributed by atoms with Crippen molar-refractivity contribution in [1.29, 1.82) is 0 Å². The van der Waals surface area contributed by atoms with E-state index in [1.54, 1.807) is 6.92 Å². The van der Waals surface area contributed by atoms with Crippen molar-refractivity contribution >= 4 is 11.6 Å². The molecule has 6 nitrogen and oxygen atoms in total. The lowest BCUT2D eigenvalue weighted by molar-refractivity contribution is -0.384. The van der Waals surface area contributed by atoms with Crippen LogP contribution in [-0.2, 0) is 6.42 Å². The number of hydrogen-bond donors (Lipinski definition) is 2. The number of amides is 1. The number of aliphatic hydroxyl groups excluding tert-OH is 1. The summed E-state index contributed by atoms with van der Waals surface area (Å²) in [5.41, 5.74) is 1.74. The number of nitro benzene ring substituents is 1.